The topological polar surface area (TPSA) is 108 Å². The number of anilines is 1. The third-order valence-corrected chi connectivity index (χ3v) is 6.67. The lowest BCUT2D eigenvalue weighted by molar-refractivity contribution is -0.133. The average Bonchev–Trinajstić information content (AvgIpc) is 3.29. The number of hydrogen-bond donors (Lipinski definition) is 1. The van der Waals surface area contributed by atoms with Gasteiger partial charge in [-0.15, -0.1) is 0 Å². The second-order valence-electron chi connectivity index (χ2n) is 9.67. The Bertz CT molecular complexity index is 1610. The van der Waals surface area contributed by atoms with Gasteiger partial charge in [-0.25, -0.2) is 4.39 Å². The molecule has 3 aromatic carbocycles. The maximum absolute atomic E-state index is 14.6. The van der Waals surface area contributed by atoms with E-state index >= 15 is 0 Å². The minimum absolute atomic E-state index is 0.0327. The zero-order valence-corrected chi connectivity index (χ0v) is 23.6. The fraction of sp³-hybridized carbons (Fsp3) is 0.267. The fourth-order valence-corrected chi connectivity index (χ4v) is 4.87. The maximum Gasteiger partial charge on any atom is 0.322 e. The maximum atomic E-state index is 14.6. The zero-order chi connectivity index (χ0) is 28.9. The second-order valence-corrected chi connectivity index (χ2v) is 11.2. The Morgan fingerprint density at radius 2 is 1.77 bits per heavy atom. The molecule has 210 valence electrons. The normalized spacial score (nSPS) is 11.3. The van der Waals surface area contributed by atoms with E-state index < -0.39 is 21.9 Å². The molecule has 1 aromatic heterocycles. The van der Waals surface area contributed by atoms with E-state index in [9.17, 15) is 17.6 Å². The average molecular weight is 567 g/mol. The van der Waals surface area contributed by atoms with Gasteiger partial charge in [0, 0.05) is 18.3 Å². The summed E-state index contributed by atoms with van der Waals surface area (Å²) >= 11 is 0. The molecule has 40 heavy (non-hydrogen) atoms. The number of aromatic nitrogens is 1. The molecule has 0 amide bonds. The van der Waals surface area contributed by atoms with Crippen molar-refractivity contribution in [2.75, 3.05) is 11.6 Å². The summed E-state index contributed by atoms with van der Waals surface area (Å²) in [6, 6.07) is 18.6. The van der Waals surface area contributed by atoms with Crippen LogP contribution in [0.4, 0.5) is 10.1 Å². The summed E-state index contributed by atoms with van der Waals surface area (Å²) in [7, 11) is -3.88. The Kier molecular flexibility index (Phi) is 8.89. The lowest BCUT2D eigenvalue weighted by Gasteiger charge is -2.15. The van der Waals surface area contributed by atoms with Crippen LogP contribution in [0.15, 0.2) is 65.2 Å². The SMILES string of the molecule is Cc1cc(COc2cc(C)c(-c3cccc(CNc4ccc(CCC(=O)OS(C)(=O)=O)c(F)c4)c3)c(C)c2)no1. The van der Waals surface area contributed by atoms with E-state index in [0.717, 1.165) is 51.3 Å². The van der Waals surface area contributed by atoms with Gasteiger partial charge >= 0.3 is 16.1 Å². The molecule has 8 nitrogen and oxygen atoms in total. The van der Waals surface area contributed by atoms with E-state index in [0.29, 0.717) is 24.4 Å². The van der Waals surface area contributed by atoms with Crippen molar-refractivity contribution in [1.29, 1.82) is 0 Å². The number of hydrogen-bond acceptors (Lipinski definition) is 8. The van der Waals surface area contributed by atoms with Gasteiger partial charge in [0.2, 0.25) is 0 Å². The van der Waals surface area contributed by atoms with Crippen LogP contribution in [0, 0.1) is 26.6 Å². The zero-order valence-electron chi connectivity index (χ0n) is 22.8. The highest BCUT2D eigenvalue weighted by atomic mass is 32.2. The van der Waals surface area contributed by atoms with E-state index in [4.69, 9.17) is 9.26 Å². The van der Waals surface area contributed by atoms with Crippen LogP contribution in [0.3, 0.4) is 0 Å². The Labute approximate surface area is 233 Å². The molecule has 0 spiro atoms. The standard InChI is InChI=1S/C30H31FN2O6S/c1-19-12-27(37-18-26-14-21(3)38-33-26)13-20(2)30(19)24-7-5-6-22(15-24)17-32-25-10-8-23(28(31)16-25)9-11-29(34)39-40(4,35)36/h5-8,10,12-16,32H,9,11,17-18H2,1-4H3. The predicted octanol–water partition coefficient (Wildman–Crippen LogP) is 6.03. The number of rotatable bonds is 11. The molecule has 4 rings (SSSR count). The highest BCUT2D eigenvalue weighted by Gasteiger charge is 2.14. The number of halogens is 1. The third kappa shape index (κ3) is 7.92. The first-order valence-corrected chi connectivity index (χ1v) is 14.5. The molecule has 0 fully saturated rings. The molecule has 10 heteroatoms. The molecule has 0 unspecified atom stereocenters. The van der Waals surface area contributed by atoms with Gasteiger partial charge in [0.05, 0.1) is 12.7 Å². The van der Waals surface area contributed by atoms with Crippen molar-refractivity contribution in [3.63, 3.8) is 0 Å². The second kappa shape index (κ2) is 12.3. The molecular weight excluding hydrogens is 535 g/mol. The summed E-state index contributed by atoms with van der Waals surface area (Å²) in [4.78, 5) is 11.6. The van der Waals surface area contributed by atoms with Gasteiger partial charge in [-0.2, -0.15) is 8.42 Å². The Morgan fingerprint density at radius 1 is 1.02 bits per heavy atom. The van der Waals surface area contributed by atoms with E-state index in [2.05, 4.69) is 26.8 Å². The fourth-order valence-electron chi connectivity index (χ4n) is 4.45. The number of carbonyl (C=O) groups excluding carboxylic acids is 1. The van der Waals surface area contributed by atoms with Crippen molar-refractivity contribution in [3.8, 4) is 16.9 Å². The molecule has 0 aliphatic rings. The monoisotopic (exact) mass is 566 g/mol. The van der Waals surface area contributed by atoms with Crippen LogP contribution in [0.2, 0.25) is 0 Å². The molecule has 0 aliphatic heterocycles. The predicted molar refractivity (Wildman–Crippen MR) is 150 cm³/mol. The van der Waals surface area contributed by atoms with Gasteiger partial charge in [-0.1, -0.05) is 29.4 Å². The lowest BCUT2D eigenvalue weighted by Crippen LogP contribution is -2.12. The van der Waals surface area contributed by atoms with Gasteiger partial charge in [-0.3, -0.25) is 4.79 Å². The Hall–Kier alpha value is -4.18. The third-order valence-electron chi connectivity index (χ3n) is 6.18. The van der Waals surface area contributed by atoms with Crippen molar-refractivity contribution in [3.05, 3.63) is 100 Å². The minimum atomic E-state index is -3.88. The summed E-state index contributed by atoms with van der Waals surface area (Å²) in [6.45, 7) is 6.74. The van der Waals surface area contributed by atoms with Gasteiger partial charge in [0.15, 0.2) is 0 Å². The molecule has 1 heterocycles. The molecule has 0 aliphatic carbocycles. The van der Waals surface area contributed by atoms with Crippen molar-refractivity contribution in [2.45, 2.75) is 46.8 Å². The van der Waals surface area contributed by atoms with Crippen LogP contribution in [0.1, 0.15) is 40.1 Å². The Morgan fingerprint density at radius 3 is 2.42 bits per heavy atom. The van der Waals surface area contributed by atoms with Gasteiger partial charge in [-0.05, 0) is 90.9 Å². The van der Waals surface area contributed by atoms with Gasteiger partial charge < -0.3 is 18.8 Å². The number of aryl methyl sites for hydroxylation is 4. The van der Waals surface area contributed by atoms with Crippen LogP contribution < -0.4 is 10.1 Å². The number of nitrogens with one attached hydrogen (secondary N) is 1. The summed E-state index contributed by atoms with van der Waals surface area (Å²) in [5.74, 6) is 0.0939. The summed E-state index contributed by atoms with van der Waals surface area (Å²) in [5, 5.41) is 7.19. The van der Waals surface area contributed by atoms with E-state index in [-0.39, 0.29) is 12.8 Å². The molecule has 0 radical (unpaired) electrons. The van der Waals surface area contributed by atoms with E-state index in [1.54, 1.807) is 12.1 Å². The van der Waals surface area contributed by atoms with Gasteiger partial charge in [0.1, 0.15) is 29.6 Å². The number of ether oxygens (including phenoxy) is 1. The number of benzene rings is 3. The van der Waals surface area contributed by atoms with Crippen molar-refractivity contribution in [2.24, 2.45) is 0 Å². The molecule has 0 bridgehead atoms. The van der Waals surface area contributed by atoms with Crippen LogP contribution in [0.25, 0.3) is 11.1 Å². The first-order chi connectivity index (χ1) is 19.0. The summed E-state index contributed by atoms with van der Waals surface area (Å²) < 4.78 is 52.0. The summed E-state index contributed by atoms with van der Waals surface area (Å²) in [6.07, 6.45) is 0.584. The molecule has 0 atom stereocenters. The molecule has 4 aromatic rings. The highest BCUT2D eigenvalue weighted by Crippen LogP contribution is 2.32. The first kappa shape index (κ1) is 28.8. The van der Waals surface area contributed by atoms with E-state index in [1.807, 2.05) is 51.1 Å². The number of nitrogens with zero attached hydrogens (tertiary/aromatic N) is 1. The van der Waals surface area contributed by atoms with Gasteiger partial charge in [0.25, 0.3) is 0 Å². The Balaban J connectivity index is 1.39. The molecular formula is C30H31FN2O6S. The smallest absolute Gasteiger partial charge is 0.322 e. The van der Waals surface area contributed by atoms with Crippen molar-refractivity contribution < 1.29 is 31.0 Å². The van der Waals surface area contributed by atoms with Crippen LogP contribution in [-0.2, 0) is 38.7 Å². The highest BCUT2D eigenvalue weighted by molar-refractivity contribution is 7.86. The lowest BCUT2D eigenvalue weighted by atomic mass is 9.94. The summed E-state index contributed by atoms with van der Waals surface area (Å²) in [5.41, 5.74) is 6.98. The molecule has 0 saturated carbocycles. The largest absolute Gasteiger partial charge is 0.487 e. The van der Waals surface area contributed by atoms with Crippen LogP contribution in [-0.4, -0.2) is 25.8 Å². The first-order valence-electron chi connectivity index (χ1n) is 12.7. The molecule has 0 saturated heterocycles. The van der Waals surface area contributed by atoms with Crippen LogP contribution in [0.5, 0.6) is 5.75 Å². The van der Waals surface area contributed by atoms with Crippen LogP contribution >= 0.6 is 0 Å². The van der Waals surface area contributed by atoms with Crippen molar-refractivity contribution >= 4 is 21.8 Å². The molecule has 1 N–H and O–H groups in total. The number of carbonyl (C=O) groups is 1. The van der Waals surface area contributed by atoms with Crippen molar-refractivity contribution in [1.82, 2.24) is 5.16 Å². The minimum Gasteiger partial charge on any atom is -0.487 e. The van der Waals surface area contributed by atoms with E-state index in [1.165, 1.54) is 6.07 Å². The quantitative estimate of drug-likeness (QED) is 0.219.